The molecule has 0 bridgehead atoms. The van der Waals surface area contributed by atoms with Gasteiger partial charge in [0.05, 0.1) is 24.2 Å². The van der Waals surface area contributed by atoms with Gasteiger partial charge in [-0.05, 0) is 6.42 Å². The average molecular weight is 393 g/mol. The van der Waals surface area contributed by atoms with E-state index in [-0.39, 0.29) is 16.8 Å². The molecule has 2 heterocycles. The maximum atomic E-state index is 10.9. The Morgan fingerprint density at radius 2 is 1.93 bits per heavy atom. The van der Waals surface area contributed by atoms with Gasteiger partial charge in [0.1, 0.15) is 23.5 Å². The molecule has 144 valence electrons. The molecule has 0 radical (unpaired) electrons. The minimum atomic E-state index is -0.504. The number of halogens is 1. The number of rotatable bonds is 6. The lowest BCUT2D eigenvalue weighted by molar-refractivity contribution is -0.385. The molecule has 0 spiro atoms. The van der Waals surface area contributed by atoms with Crippen LogP contribution in [0.2, 0.25) is 5.02 Å². The summed E-state index contributed by atoms with van der Waals surface area (Å²) < 4.78 is 10.7. The molecule has 0 saturated carbocycles. The van der Waals surface area contributed by atoms with Gasteiger partial charge in [0.25, 0.3) is 5.69 Å². The van der Waals surface area contributed by atoms with Gasteiger partial charge < -0.3 is 19.3 Å². The van der Waals surface area contributed by atoms with Crippen molar-refractivity contribution in [3.05, 3.63) is 45.6 Å². The molecule has 0 N–H and O–H groups in total. The molecule has 1 fully saturated rings. The summed E-state index contributed by atoms with van der Waals surface area (Å²) in [6.07, 6.45) is 2.14. The molecule has 9 heteroatoms. The zero-order valence-corrected chi connectivity index (χ0v) is 16.1. The number of anilines is 2. The van der Waals surface area contributed by atoms with E-state index in [4.69, 9.17) is 21.1 Å². The molecule has 1 saturated heterocycles. The number of aromatic nitrogens is 1. The summed E-state index contributed by atoms with van der Waals surface area (Å²) in [6.45, 7) is 1.62. The maximum absolute atomic E-state index is 10.9. The van der Waals surface area contributed by atoms with Crippen molar-refractivity contribution in [2.75, 3.05) is 44.2 Å². The molecule has 1 aromatic carbocycles. The number of hydrogen-bond donors (Lipinski definition) is 0. The van der Waals surface area contributed by atoms with Crippen LogP contribution in [0.15, 0.2) is 30.5 Å². The molecule has 3 rings (SSSR count). The van der Waals surface area contributed by atoms with Crippen molar-refractivity contribution in [1.82, 2.24) is 4.98 Å². The Labute approximate surface area is 162 Å². The molecule has 27 heavy (non-hydrogen) atoms. The molecule has 2 aromatic rings. The highest BCUT2D eigenvalue weighted by atomic mass is 35.5. The Morgan fingerprint density at radius 3 is 2.48 bits per heavy atom. The summed E-state index contributed by atoms with van der Waals surface area (Å²) in [5, 5.41) is 11.1. The van der Waals surface area contributed by atoms with E-state index in [0.717, 1.165) is 36.7 Å². The van der Waals surface area contributed by atoms with Gasteiger partial charge >= 0.3 is 0 Å². The fourth-order valence-corrected chi connectivity index (χ4v) is 3.51. The van der Waals surface area contributed by atoms with E-state index < -0.39 is 4.92 Å². The second kappa shape index (κ2) is 7.87. The van der Waals surface area contributed by atoms with E-state index in [2.05, 4.69) is 9.88 Å². The first-order valence-electron chi connectivity index (χ1n) is 8.43. The molecule has 1 aliphatic heterocycles. The number of ether oxygens (including phenoxy) is 2. The fraction of sp³-hybridized carbons (Fsp3) is 0.389. The molecule has 0 aliphatic carbocycles. The number of likely N-dealkylation sites (N-methyl/N-ethyl adjacent to an activating group) is 1. The van der Waals surface area contributed by atoms with Crippen LogP contribution < -0.4 is 19.3 Å². The van der Waals surface area contributed by atoms with Crippen LogP contribution >= 0.6 is 11.6 Å². The van der Waals surface area contributed by atoms with Crippen LogP contribution in [0.1, 0.15) is 6.42 Å². The van der Waals surface area contributed by atoms with Crippen molar-refractivity contribution >= 4 is 28.8 Å². The lowest BCUT2D eigenvalue weighted by Crippen LogP contribution is -2.35. The van der Waals surface area contributed by atoms with E-state index in [1.165, 1.54) is 12.3 Å². The van der Waals surface area contributed by atoms with Crippen molar-refractivity contribution in [2.45, 2.75) is 12.5 Å². The Kier molecular flexibility index (Phi) is 5.55. The van der Waals surface area contributed by atoms with Gasteiger partial charge in [-0.1, -0.05) is 11.6 Å². The molecule has 8 nitrogen and oxygen atoms in total. The Hall–Kier alpha value is -2.74. The quantitative estimate of drug-likeness (QED) is 0.550. The lowest BCUT2D eigenvalue weighted by atomic mass is 10.2. The smallest absolute Gasteiger partial charge is 0.289 e. The third-order valence-electron chi connectivity index (χ3n) is 4.76. The zero-order chi connectivity index (χ0) is 19.6. The van der Waals surface area contributed by atoms with Gasteiger partial charge in [-0.25, -0.2) is 4.98 Å². The summed E-state index contributed by atoms with van der Waals surface area (Å²) in [4.78, 5) is 18.8. The minimum Gasteiger partial charge on any atom is -0.497 e. The molecule has 0 amide bonds. The van der Waals surface area contributed by atoms with Crippen LogP contribution in [0.4, 0.5) is 17.2 Å². The van der Waals surface area contributed by atoms with Crippen LogP contribution in [0.5, 0.6) is 11.5 Å². The number of nitrogens with zero attached hydrogens (tertiary/aromatic N) is 4. The van der Waals surface area contributed by atoms with E-state index >= 15 is 0 Å². The van der Waals surface area contributed by atoms with Crippen molar-refractivity contribution in [3.8, 4) is 11.5 Å². The SMILES string of the molecule is COc1cc(OC)cc(N2CCC(N(C)c3ncc([N+](=O)[O-])cc3Cl)C2)c1. The number of pyridine rings is 1. The Morgan fingerprint density at radius 1 is 1.26 bits per heavy atom. The molecular weight excluding hydrogens is 372 g/mol. The van der Waals surface area contributed by atoms with Crippen LogP contribution in [0, 0.1) is 10.1 Å². The summed E-state index contributed by atoms with van der Waals surface area (Å²) in [5.41, 5.74) is 0.901. The van der Waals surface area contributed by atoms with Crippen molar-refractivity contribution in [1.29, 1.82) is 0 Å². The van der Waals surface area contributed by atoms with Crippen molar-refractivity contribution in [2.24, 2.45) is 0 Å². The van der Waals surface area contributed by atoms with Crippen LogP contribution in [0.25, 0.3) is 0 Å². The normalized spacial score (nSPS) is 16.3. The largest absolute Gasteiger partial charge is 0.497 e. The zero-order valence-electron chi connectivity index (χ0n) is 15.4. The highest BCUT2D eigenvalue weighted by Crippen LogP contribution is 2.33. The van der Waals surface area contributed by atoms with Gasteiger partial charge in [0.15, 0.2) is 0 Å². The highest BCUT2D eigenvalue weighted by molar-refractivity contribution is 6.33. The highest BCUT2D eigenvalue weighted by Gasteiger charge is 2.28. The molecule has 1 atom stereocenters. The van der Waals surface area contributed by atoms with Gasteiger partial charge in [-0.15, -0.1) is 0 Å². The summed E-state index contributed by atoms with van der Waals surface area (Å²) in [5.74, 6) is 2.01. The second-order valence-electron chi connectivity index (χ2n) is 6.33. The van der Waals surface area contributed by atoms with E-state index in [0.29, 0.717) is 5.82 Å². The molecule has 1 unspecified atom stereocenters. The number of methoxy groups -OCH3 is 2. The number of benzene rings is 1. The van der Waals surface area contributed by atoms with Crippen molar-refractivity contribution < 1.29 is 14.4 Å². The predicted octanol–water partition coefficient (Wildman–Crippen LogP) is 3.38. The Bertz CT molecular complexity index is 826. The topological polar surface area (TPSA) is 81.0 Å². The van der Waals surface area contributed by atoms with Crippen LogP contribution in [-0.4, -0.2) is 50.3 Å². The first-order chi connectivity index (χ1) is 12.9. The average Bonchev–Trinajstić information content (AvgIpc) is 3.17. The first-order valence-corrected chi connectivity index (χ1v) is 8.81. The third-order valence-corrected chi connectivity index (χ3v) is 5.04. The standard InChI is InChI=1S/C18H21ClN4O4/c1-21(18-17(19)8-14(10-20-18)23(24)25)12-4-5-22(11-12)13-6-15(26-2)9-16(7-13)27-3/h6-10,12H,4-5,11H2,1-3H3. The van der Waals surface area contributed by atoms with Gasteiger partial charge in [-0.2, -0.15) is 0 Å². The summed E-state index contributed by atoms with van der Waals surface area (Å²) in [6, 6.07) is 7.29. The summed E-state index contributed by atoms with van der Waals surface area (Å²) in [7, 11) is 5.16. The lowest BCUT2D eigenvalue weighted by Gasteiger charge is -2.27. The molecule has 1 aliphatic rings. The second-order valence-corrected chi connectivity index (χ2v) is 6.73. The third kappa shape index (κ3) is 4.00. The minimum absolute atomic E-state index is 0.117. The van der Waals surface area contributed by atoms with Gasteiger partial charge in [-0.3, -0.25) is 10.1 Å². The fourth-order valence-electron chi connectivity index (χ4n) is 3.22. The monoisotopic (exact) mass is 392 g/mol. The van der Waals surface area contributed by atoms with E-state index in [1.807, 2.05) is 30.1 Å². The summed E-state index contributed by atoms with van der Waals surface area (Å²) >= 11 is 6.22. The predicted molar refractivity (Wildman–Crippen MR) is 104 cm³/mol. The molecular formula is C18H21ClN4O4. The van der Waals surface area contributed by atoms with Crippen molar-refractivity contribution in [3.63, 3.8) is 0 Å². The van der Waals surface area contributed by atoms with E-state index in [1.54, 1.807) is 14.2 Å². The first kappa shape index (κ1) is 19.0. The number of hydrogen-bond acceptors (Lipinski definition) is 7. The van der Waals surface area contributed by atoms with E-state index in [9.17, 15) is 10.1 Å². The van der Waals surface area contributed by atoms with Crippen LogP contribution in [0.3, 0.4) is 0 Å². The van der Waals surface area contributed by atoms with Gasteiger partial charge in [0, 0.05) is 56.1 Å². The number of nitro groups is 1. The van der Waals surface area contributed by atoms with Gasteiger partial charge in [0.2, 0.25) is 0 Å². The van der Waals surface area contributed by atoms with Crippen LogP contribution in [-0.2, 0) is 0 Å². The molecule has 1 aromatic heterocycles. The maximum Gasteiger partial charge on any atom is 0.289 e. The Balaban J connectivity index is 1.77.